The van der Waals surface area contributed by atoms with E-state index in [1.807, 2.05) is 12.1 Å². The minimum atomic E-state index is -0.193. The van der Waals surface area contributed by atoms with Crippen LogP contribution in [0.5, 0.6) is 5.75 Å². The van der Waals surface area contributed by atoms with Crippen LogP contribution in [-0.2, 0) is 5.41 Å². The van der Waals surface area contributed by atoms with Crippen LogP contribution in [0.25, 0.3) is 5.70 Å². The molecule has 0 aliphatic carbocycles. The summed E-state index contributed by atoms with van der Waals surface area (Å²) in [5.74, 6) is 0.950. The number of hydrogen-bond donors (Lipinski definition) is 1. The topological polar surface area (TPSA) is 24.5 Å². The lowest BCUT2D eigenvalue weighted by atomic mass is 9.86. The van der Waals surface area contributed by atoms with Gasteiger partial charge in [0.25, 0.3) is 0 Å². The lowest BCUT2D eigenvalue weighted by molar-refractivity contribution is -0.0326. The molecule has 146 valence electrons. The van der Waals surface area contributed by atoms with E-state index in [0.29, 0.717) is 0 Å². The molecule has 2 heterocycles. The highest BCUT2D eigenvalue weighted by Crippen LogP contribution is 2.45. The smallest absolute Gasteiger partial charge is 0.195 e. The zero-order valence-corrected chi connectivity index (χ0v) is 17.1. The molecule has 3 aromatic rings. The van der Waals surface area contributed by atoms with Crippen molar-refractivity contribution >= 4 is 5.70 Å². The Hall–Kier alpha value is -3.04. The molecular formula is C26H26N2O. The summed E-state index contributed by atoms with van der Waals surface area (Å²) in [6.07, 6.45) is 2.11. The summed E-state index contributed by atoms with van der Waals surface area (Å²) in [6, 6.07) is 27.7. The predicted molar refractivity (Wildman–Crippen MR) is 117 cm³/mol. The molecule has 0 bridgehead atoms. The van der Waals surface area contributed by atoms with Crippen molar-refractivity contribution < 1.29 is 4.74 Å². The Kier molecular flexibility index (Phi) is 4.21. The Balaban J connectivity index is 1.54. The summed E-state index contributed by atoms with van der Waals surface area (Å²) in [6.45, 7) is 6.72. The number of fused-ring (bicyclic) bond motifs is 3. The molecule has 2 aliphatic heterocycles. The molecule has 3 aromatic carbocycles. The first-order chi connectivity index (χ1) is 14.0. The normalized spacial score (nSPS) is 20.9. The van der Waals surface area contributed by atoms with Crippen molar-refractivity contribution in [3.63, 3.8) is 0 Å². The van der Waals surface area contributed by atoms with Crippen LogP contribution in [0.1, 0.15) is 55.3 Å². The molecule has 2 aliphatic rings. The van der Waals surface area contributed by atoms with E-state index in [9.17, 15) is 0 Å². The Morgan fingerprint density at radius 2 is 1.52 bits per heavy atom. The van der Waals surface area contributed by atoms with Gasteiger partial charge < -0.3 is 10.2 Å². The Morgan fingerprint density at radius 3 is 2.24 bits per heavy atom. The van der Waals surface area contributed by atoms with Gasteiger partial charge in [0.1, 0.15) is 5.75 Å². The van der Waals surface area contributed by atoms with E-state index >= 15 is 0 Å². The van der Waals surface area contributed by atoms with E-state index in [1.165, 1.54) is 16.7 Å². The highest BCUT2D eigenvalue weighted by Gasteiger charge is 2.40. The third-order valence-corrected chi connectivity index (χ3v) is 5.75. The van der Waals surface area contributed by atoms with Crippen molar-refractivity contribution in [1.29, 1.82) is 0 Å². The summed E-state index contributed by atoms with van der Waals surface area (Å²) < 4.78 is 6.47. The van der Waals surface area contributed by atoms with Gasteiger partial charge in [-0.2, -0.15) is 5.01 Å². The lowest BCUT2D eigenvalue weighted by Gasteiger charge is -2.39. The molecule has 2 atom stereocenters. The second kappa shape index (κ2) is 6.78. The summed E-state index contributed by atoms with van der Waals surface area (Å²) in [4.78, 5) is 0. The molecule has 0 aromatic heterocycles. The maximum atomic E-state index is 6.47. The fourth-order valence-corrected chi connectivity index (χ4v) is 4.09. The van der Waals surface area contributed by atoms with Gasteiger partial charge in [-0.3, -0.25) is 0 Å². The van der Waals surface area contributed by atoms with Crippen LogP contribution in [0.15, 0.2) is 84.9 Å². The number of hydrogen-bond acceptors (Lipinski definition) is 3. The van der Waals surface area contributed by atoms with Crippen molar-refractivity contribution in [2.24, 2.45) is 0 Å². The molecular weight excluding hydrogens is 356 g/mol. The van der Waals surface area contributed by atoms with Gasteiger partial charge >= 0.3 is 0 Å². The average Bonchev–Trinajstić information content (AvgIpc) is 3.19. The van der Waals surface area contributed by atoms with Crippen LogP contribution in [-0.4, -0.2) is 5.01 Å². The predicted octanol–water partition coefficient (Wildman–Crippen LogP) is 5.98. The van der Waals surface area contributed by atoms with Crippen molar-refractivity contribution in [2.75, 3.05) is 0 Å². The van der Waals surface area contributed by atoms with Gasteiger partial charge in [-0.05, 0) is 28.7 Å². The SMILES string of the molecule is CC(C)(C)c1ccc([C@H]2Oc3ccccc3[C@@H]3C=C(c4ccccc4)NN23)cc1. The van der Waals surface area contributed by atoms with E-state index in [0.717, 1.165) is 17.0 Å². The van der Waals surface area contributed by atoms with Crippen molar-refractivity contribution in [3.8, 4) is 5.75 Å². The van der Waals surface area contributed by atoms with Gasteiger partial charge in [-0.15, -0.1) is 0 Å². The highest BCUT2D eigenvalue weighted by molar-refractivity contribution is 5.67. The van der Waals surface area contributed by atoms with Crippen LogP contribution in [0.4, 0.5) is 0 Å². The number of benzene rings is 3. The largest absolute Gasteiger partial charge is 0.469 e. The number of rotatable bonds is 2. The van der Waals surface area contributed by atoms with Gasteiger partial charge in [0, 0.05) is 11.1 Å². The fourth-order valence-electron chi connectivity index (χ4n) is 4.09. The maximum Gasteiger partial charge on any atom is 0.195 e. The number of nitrogens with one attached hydrogen (secondary N) is 1. The van der Waals surface area contributed by atoms with Gasteiger partial charge in [-0.1, -0.05) is 93.6 Å². The quantitative estimate of drug-likeness (QED) is 0.590. The van der Waals surface area contributed by atoms with Gasteiger partial charge in [0.05, 0.1) is 11.7 Å². The highest BCUT2D eigenvalue weighted by atomic mass is 16.5. The number of nitrogens with zero attached hydrogens (tertiary/aromatic N) is 1. The third-order valence-electron chi connectivity index (χ3n) is 5.75. The number of hydrazine groups is 1. The zero-order valence-electron chi connectivity index (χ0n) is 17.1. The third kappa shape index (κ3) is 3.22. The van der Waals surface area contributed by atoms with Gasteiger partial charge in [0.2, 0.25) is 0 Å². The summed E-state index contributed by atoms with van der Waals surface area (Å²) in [5, 5.41) is 2.22. The Labute approximate surface area is 172 Å². The van der Waals surface area contributed by atoms with E-state index in [2.05, 4.69) is 104 Å². The number of ether oxygens (including phenoxy) is 1. The van der Waals surface area contributed by atoms with Crippen molar-refractivity contribution in [3.05, 3.63) is 107 Å². The summed E-state index contributed by atoms with van der Waals surface area (Å²) >= 11 is 0. The lowest BCUT2D eigenvalue weighted by Crippen LogP contribution is -2.43. The van der Waals surface area contributed by atoms with Gasteiger partial charge in [0.15, 0.2) is 6.23 Å². The molecule has 29 heavy (non-hydrogen) atoms. The Bertz CT molecular complexity index is 1050. The summed E-state index contributed by atoms with van der Waals surface area (Å²) in [5.41, 5.74) is 9.71. The molecule has 0 saturated heterocycles. The Morgan fingerprint density at radius 1 is 0.828 bits per heavy atom. The first-order valence-corrected chi connectivity index (χ1v) is 10.2. The van der Waals surface area contributed by atoms with E-state index in [4.69, 9.17) is 4.74 Å². The van der Waals surface area contributed by atoms with Crippen molar-refractivity contribution in [2.45, 2.75) is 38.5 Å². The van der Waals surface area contributed by atoms with Crippen LogP contribution in [0, 0.1) is 0 Å². The molecule has 3 nitrogen and oxygen atoms in total. The molecule has 0 radical (unpaired) electrons. The van der Waals surface area contributed by atoms with Gasteiger partial charge in [-0.25, -0.2) is 0 Å². The monoisotopic (exact) mass is 382 g/mol. The molecule has 1 N–H and O–H groups in total. The molecule has 5 rings (SSSR count). The van der Waals surface area contributed by atoms with Crippen LogP contribution < -0.4 is 10.2 Å². The van der Waals surface area contributed by atoms with E-state index in [1.54, 1.807) is 0 Å². The molecule has 0 saturated carbocycles. The standard InChI is InChI=1S/C26H26N2O/c1-26(2,3)20-15-13-19(14-16-20)25-28-23(21-11-7-8-12-24(21)29-25)17-22(27-28)18-9-5-4-6-10-18/h4-17,23,25,27H,1-3H3/t23-,25+/m0/s1. The van der Waals surface area contributed by atoms with Crippen LogP contribution in [0.3, 0.4) is 0 Å². The zero-order chi connectivity index (χ0) is 20.0. The number of para-hydroxylation sites is 1. The second-order valence-corrected chi connectivity index (χ2v) is 8.79. The van der Waals surface area contributed by atoms with Crippen LogP contribution >= 0.6 is 0 Å². The minimum absolute atomic E-state index is 0.127. The molecule has 0 fully saturated rings. The van der Waals surface area contributed by atoms with E-state index in [-0.39, 0.29) is 17.7 Å². The first kappa shape index (κ1) is 18.0. The summed E-state index contributed by atoms with van der Waals surface area (Å²) in [7, 11) is 0. The maximum absolute atomic E-state index is 6.47. The van der Waals surface area contributed by atoms with E-state index < -0.39 is 0 Å². The molecule has 0 unspecified atom stereocenters. The molecule has 0 spiro atoms. The second-order valence-electron chi connectivity index (χ2n) is 8.79. The van der Waals surface area contributed by atoms with Crippen LogP contribution in [0.2, 0.25) is 0 Å². The molecule has 3 heteroatoms. The fraction of sp³-hybridized carbons (Fsp3) is 0.231. The first-order valence-electron chi connectivity index (χ1n) is 10.2. The average molecular weight is 383 g/mol. The molecule has 0 amide bonds. The minimum Gasteiger partial charge on any atom is -0.469 e. The van der Waals surface area contributed by atoms with Crippen molar-refractivity contribution in [1.82, 2.24) is 10.4 Å².